The standard InChI is InChI=1S/C10H12ClNO3S/c1-2-16(14,15)10(11)9(13)7-3-5-8(12)6-4-7/h3-6,10H,2,12H2,1H3. The van der Waals surface area contributed by atoms with Crippen molar-refractivity contribution in [1.29, 1.82) is 0 Å². The van der Waals surface area contributed by atoms with Gasteiger partial charge in [0.25, 0.3) is 0 Å². The second kappa shape index (κ2) is 4.84. The fourth-order valence-corrected chi connectivity index (χ4v) is 2.35. The summed E-state index contributed by atoms with van der Waals surface area (Å²) >= 11 is 5.63. The van der Waals surface area contributed by atoms with Gasteiger partial charge in [0.15, 0.2) is 20.3 Å². The molecule has 0 fully saturated rings. The van der Waals surface area contributed by atoms with E-state index in [1.807, 2.05) is 0 Å². The molecule has 2 N–H and O–H groups in total. The monoisotopic (exact) mass is 261 g/mol. The summed E-state index contributed by atoms with van der Waals surface area (Å²) in [6.45, 7) is 1.45. The van der Waals surface area contributed by atoms with E-state index in [4.69, 9.17) is 17.3 Å². The summed E-state index contributed by atoms with van der Waals surface area (Å²) in [6, 6.07) is 5.96. The van der Waals surface area contributed by atoms with E-state index < -0.39 is 20.3 Å². The predicted octanol–water partition coefficient (Wildman–Crippen LogP) is 1.45. The van der Waals surface area contributed by atoms with Crippen LogP contribution in [0.4, 0.5) is 5.69 Å². The molecule has 0 saturated carbocycles. The molecule has 0 aliphatic heterocycles. The van der Waals surface area contributed by atoms with Crippen molar-refractivity contribution in [3.8, 4) is 0 Å². The molecule has 1 aromatic rings. The average molecular weight is 262 g/mol. The van der Waals surface area contributed by atoms with Crippen LogP contribution in [-0.2, 0) is 9.84 Å². The summed E-state index contributed by atoms with van der Waals surface area (Å²) in [5.41, 5.74) is 6.20. The molecule has 88 valence electrons. The molecule has 0 spiro atoms. The maximum Gasteiger partial charge on any atom is 0.197 e. The first-order chi connectivity index (χ1) is 7.38. The van der Waals surface area contributed by atoms with Crippen molar-refractivity contribution in [3.05, 3.63) is 29.8 Å². The molecule has 0 heterocycles. The van der Waals surface area contributed by atoms with Crippen LogP contribution < -0.4 is 5.73 Å². The first-order valence-corrected chi connectivity index (χ1v) is 6.79. The van der Waals surface area contributed by atoms with Crippen LogP contribution in [0, 0.1) is 0 Å². The van der Waals surface area contributed by atoms with Gasteiger partial charge < -0.3 is 5.73 Å². The van der Waals surface area contributed by atoms with E-state index in [9.17, 15) is 13.2 Å². The normalized spacial score (nSPS) is 13.4. The van der Waals surface area contributed by atoms with Gasteiger partial charge in [0.1, 0.15) is 0 Å². The minimum atomic E-state index is -3.57. The lowest BCUT2D eigenvalue weighted by Gasteiger charge is -2.08. The first kappa shape index (κ1) is 13.0. The molecule has 0 saturated heterocycles. The highest BCUT2D eigenvalue weighted by atomic mass is 35.5. The Morgan fingerprint density at radius 2 is 1.88 bits per heavy atom. The van der Waals surface area contributed by atoms with E-state index in [1.54, 1.807) is 0 Å². The van der Waals surface area contributed by atoms with E-state index in [0.717, 1.165) is 0 Å². The van der Waals surface area contributed by atoms with Crippen LogP contribution in [0.15, 0.2) is 24.3 Å². The van der Waals surface area contributed by atoms with Gasteiger partial charge >= 0.3 is 0 Å². The van der Waals surface area contributed by atoms with Gasteiger partial charge in [-0.15, -0.1) is 0 Å². The Balaban J connectivity index is 2.99. The van der Waals surface area contributed by atoms with Crippen molar-refractivity contribution in [2.75, 3.05) is 11.5 Å². The molecule has 1 rings (SSSR count). The van der Waals surface area contributed by atoms with Gasteiger partial charge in [-0.25, -0.2) is 8.42 Å². The lowest BCUT2D eigenvalue weighted by molar-refractivity contribution is 0.101. The van der Waals surface area contributed by atoms with Gasteiger partial charge in [-0.1, -0.05) is 18.5 Å². The third kappa shape index (κ3) is 2.74. The Labute approximate surface area is 99.3 Å². The maximum atomic E-state index is 11.7. The summed E-state index contributed by atoms with van der Waals surface area (Å²) in [6.07, 6.45) is 0. The van der Waals surface area contributed by atoms with Crippen LogP contribution in [0.25, 0.3) is 0 Å². The molecule has 0 bridgehead atoms. The highest BCUT2D eigenvalue weighted by Crippen LogP contribution is 2.16. The van der Waals surface area contributed by atoms with Crippen LogP contribution in [0.3, 0.4) is 0 Å². The summed E-state index contributed by atoms with van der Waals surface area (Å²) in [7, 11) is -3.57. The lowest BCUT2D eigenvalue weighted by Crippen LogP contribution is -2.26. The number of benzene rings is 1. The zero-order chi connectivity index (χ0) is 12.3. The number of carbonyl (C=O) groups is 1. The van der Waals surface area contributed by atoms with Crippen molar-refractivity contribution in [2.45, 2.75) is 11.6 Å². The number of alkyl halides is 1. The van der Waals surface area contributed by atoms with Crippen molar-refractivity contribution in [2.24, 2.45) is 0 Å². The predicted molar refractivity (Wildman–Crippen MR) is 64.3 cm³/mol. The van der Waals surface area contributed by atoms with Crippen molar-refractivity contribution < 1.29 is 13.2 Å². The number of ketones is 1. The molecular weight excluding hydrogens is 250 g/mol. The largest absolute Gasteiger partial charge is 0.399 e. The highest BCUT2D eigenvalue weighted by Gasteiger charge is 2.29. The third-order valence-corrected chi connectivity index (χ3v) is 4.78. The Kier molecular flexibility index (Phi) is 3.93. The number of carbonyl (C=O) groups excluding carboxylic acids is 1. The molecule has 1 unspecified atom stereocenters. The Morgan fingerprint density at radius 1 is 1.38 bits per heavy atom. The molecule has 6 heteroatoms. The minimum absolute atomic E-state index is 0.165. The van der Waals surface area contributed by atoms with E-state index in [-0.39, 0.29) is 11.3 Å². The number of hydrogen-bond donors (Lipinski definition) is 1. The molecule has 0 aliphatic carbocycles. The van der Waals surface area contributed by atoms with Crippen LogP contribution in [0.5, 0.6) is 0 Å². The second-order valence-corrected chi connectivity index (χ2v) is 6.32. The molecule has 0 aromatic heterocycles. The van der Waals surface area contributed by atoms with E-state index >= 15 is 0 Å². The van der Waals surface area contributed by atoms with Crippen LogP contribution in [-0.4, -0.2) is 24.7 Å². The van der Waals surface area contributed by atoms with Crippen molar-refractivity contribution >= 4 is 32.9 Å². The van der Waals surface area contributed by atoms with Gasteiger partial charge in [-0.2, -0.15) is 0 Å². The van der Waals surface area contributed by atoms with Gasteiger partial charge in [-0.3, -0.25) is 4.79 Å². The second-order valence-electron chi connectivity index (χ2n) is 3.25. The fraction of sp³-hybridized carbons (Fsp3) is 0.300. The van der Waals surface area contributed by atoms with Crippen molar-refractivity contribution in [3.63, 3.8) is 0 Å². The molecule has 4 nitrogen and oxygen atoms in total. The van der Waals surface area contributed by atoms with Crippen molar-refractivity contribution in [1.82, 2.24) is 0 Å². The smallest absolute Gasteiger partial charge is 0.197 e. The van der Waals surface area contributed by atoms with Crippen LogP contribution >= 0.6 is 11.6 Å². The Morgan fingerprint density at radius 3 is 2.31 bits per heavy atom. The van der Waals surface area contributed by atoms with Gasteiger partial charge in [-0.05, 0) is 24.3 Å². The van der Waals surface area contributed by atoms with Gasteiger partial charge in [0.05, 0.1) is 0 Å². The quantitative estimate of drug-likeness (QED) is 0.506. The SMILES string of the molecule is CCS(=O)(=O)C(Cl)C(=O)c1ccc(N)cc1. The Hall–Kier alpha value is -1.07. The molecule has 0 radical (unpaired) electrons. The van der Waals surface area contributed by atoms with Crippen LogP contribution in [0.1, 0.15) is 17.3 Å². The van der Waals surface area contributed by atoms with E-state index in [2.05, 4.69) is 0 Å². The summed E-state index contributed by atoms with van der Waals surface area (Å²) in [5, 5.41) is 0. The lowest BCUT2D eigenvalue weighted by atomic mass is 10.1. The number of hydrogen-bond acceptors (Lipinski definition) is 4. The van der Waals surface area contributed by atoms with Crippen LogP contribution in [0.2, 0.25) is 0 Å². The summed E-state index contributed by atoms with van der Waals surface area (Å²) in [4.78, 5) is 11.7. The topological polar surface area (TPSA) is 77.2 Å². The molecule has 1 aromatic carbocycles. The third-order valence-electron chi connectivity index (χ3n) is 2.12. The number of nitrogens with two attached hydrogens (primary N) is 1. The molecular formula is C10H12ClNO3S. The first-order valence-electron chi connectivity index (χ1n) is 4.64. The molecule has 0 amide bonds. The number of anilines is 1. The average Bonchev–Trinajstić information content (AvgIpc) is 2.28. The van der Waals surface area contributed by atoms with E-state index in [0.29, 0.717) is 5.69 Å². The Bertz CT molecular complexity index is 481. The molecule has 16 heavy (non-hydrogen) atoms. The zero-order valence-corrected chi connectivity index (χ0v) is 10.3. The minimum Gasteiger partial charge on any atom is -0.399 e. The van der Waals surface area contributed by atoms with E-state index in [1.165, 1.54) is 31.2 Å². The number of nitrogen functional groups attached to an aromatic ring is 1. The maximum absolute atomic E-state index is 11.7. The summed E-state index contributed by atoms with van der Waals surface area (Å²) in [5.74, 6) is -0.787. The fourth-order valence-electron chi connectivity index (χ4n) is 1.09. The van der Waals surface area contributed by atoms with Gasteiger partial charge in [0, 0.05) is 17.0 Å². The number of rotatable bonds is 4. The zero-order valence-electron chi connectivity index (χ0n) is 8.68. The molecule has 0 aliphatic rings. The summed E-state index contributed by atoms with van der Waals surface area (Å²) < 4.78 is 21.3. The number of halogens is 1. The number of Topliss-reactive ketones (excluding diaryl/α,β-unsaturated/α-hetero) is 1. The highest BCUT2D eigenvalue weighted by molar-refractivity contribution is 7.94. The van der Waals surface area contributed by atoms with Gasteiger partial charge in [0.2, 0.25) is 0 Å². The number of sulfone groups is 1. The molecule has 1 atom stereocenters.